The molecule has 6 nitrogen and oxygen atoms in total. The van der Waals surface area contributed by atoms with Gasteiger partial charge in [-0.2, -0.15) is 26.3 Å². The van der Waals surface area contributed by atoms with Crippen LogP contribution < -0.4 is 4.74 Å². The second-order valence-corrected chi connectivity index (χ2v) is 15.3. The van der Waals surface area contributed by atoms with Crippen LogP contribution in [0.1, 0.15) is 0 Å². The number of nitrogens with zero attached hydrogens (tertiary/aromatic N) is 1. The summed E-state index contributed by atoms with van der Waals surface area (Å²) >= 11 is 0. The lowest BCUT2D eigenvalue weighted by molar-refractivity contribution is -0.0505. The average molecular weight is 636 g/mol. The van der Waals surface area contributed by atoms with Gasteiger partial charge in [0.05, 0.1) is 0 Å². The number of ether oxygens (including phenoxy) is 1. The Labute approximate surface area is 233 Å². The lowest BCUT2D eigenvalue weighted by atomic mass is 10.3. The molecule has 0 spiro atoms. The van der Waals surface area contributed by atoms with E-state index in [-0.39, 0.29) is 5.75 Å². The van der Waals surface area contributed by atoms with E-state index in [9.17, 15) is 43.2 Å². The highest BCUT2D eigenvalue weighted by atomic mass is 32.4. The zero-order chi connectivity index (χ0) is 30.1. The second-order valence-electron chi connectivity index (χ2n) is 8.16. The number of benzene rings is 4. The molecule has 4 aromatic carbocycles. The molecule has 0 aliphatic rings. The van der Waals surface area contributed by atoms with E-state index < -0.39 is 59.1 Å². The summed E-state index contributed by atoms with van der Waals surface area (Å²) in [6.07, 6.45) is 0. The molecule has 0 heterocycles. The maximum Gasteiger partial charge on any atom is 0.513 e. The Morgan fingerprint density at radius 2 is 0.780 bits per heavy atom. The van der Waals surface area contributed by atoms with Crippen LogP contribution in [0.3, 0.4) is 0 Å². The fourth-order valence-electron chi connectivity index (χ4n) is 3.82. The van der Waals surface area contributed by atoms with Gasteiger partial charge in [-0.3, -0.25) is 0 Å². The molecule has 4 rings (SSSR count). The molecular weight excluding hydrogens is 616 g/mol. The van der Waals surface area contributed by atoms with Crippen molar-refractivity contribution < 1.29 is 47.9 Å². The molecule has 0 aliphatic carbocycles. The van der Waals surface area contributed by atoms with E-state index in [4.69, 9.17) is 4.74 Å². The van der Waals surface area contributed by atoms with E-state index in [1.807, 2.05) is 0 Å². The molecule has 15 heteroatoms. The van der Waals surface area contributed by atoms with Crippen LogP contribution in [0.2, 0.25) is 0 Å². The Kier molecular flexibility index (Phi) is 8.19. The van der Waals surface area contributed by atoms with Crippen LogP contribution in [-0.4, -0.2) is 31.0 Å². The number of alkyl halides is 6. The minimum atomic E-state index is -7.21. The Bertz CT molecular complexity index is 1620. The Balaban J connectivity index is 2.15. The predicted molar refractivity (Wildman–Crippen MR) is 140 cm³/mol. The Hall–Kier alpha value is -3.53. The summed E-state index contributed by atoms with van der Waals surface area (Å²) in [4.78, 5) is -1.32. The molecule has 0 saturated heterocycles. The summed E-state index contributed by atoms with van der Waals surface area (Å²) in [5, 5.41) is 0. The van der Waals surface area contributed by atoms with Crippen LogP contribution in [0.15, 0.2) is 130 Å². The Morgan fingerprint density at radius 3 is 1.15 bits per heavy atom. The molecule has 0 fully saturated rings. The van der Waals surface area contributed by atoms with Gasteiger partial charge in [0.15, 0.2) is 0 Å². The smallest absolute Gasteiger partial charge is 0.457 e. The van der Waals surface area contributed by atoms with Crippen LogP contribution in [0.4, 0.5) is 26.3 Å². The maximum atomic E-state index is 14.1. The summed E-state index contributed by atoms with van der Waals surface area (Å²) in [5.74, 6) is 0.448. The minimum Gasteiger partial charge on any atom is -0.457 e. The molecule has 41 heavy (non-hydrogen) atoms. The van der Waals surface area contributed by atoms with Gasteiger partial charge in [0.1, 0.15) is 11.5 Å². The van der Waals surface area contributed by atoms with Gasteiger partial charge in [-0.1, -0.05) is 64.8 Å². The van der Waals surface area contributed by atoms with E-state index in [1.165, 1.54) is 48.5 Å². The quantitative estimate of drug-likeness (QED) is 0.186. The van der Waals surface area contributed by atoms with Gasteiger partial charge in [0.25, 0.3) is 0 Å². The van der Waals surface area contributed by atoms with Crippen molar-refractivity contribution in [1.29, 1.82) is 0 Å². The first-order valence-electron chi connectivity index (χ1n) is 11.3. The van der Waals surface area contributed by atoms with Crippen molar-refractivity contribution >= 4 is 30.3 Å². The van der Waals surface area contributed by atoms with Gasteiger partial charge in [0, 0.05) is 14.7 Å². The number of rotatable bonds is 8. The zero-order valence-corrected chi connectivity index (χ0v) is 22.9. The van der Waals surface area contributed by atoms with E-state index >= 15 is 0 Å². The first-order chi connectivity index (χ1) is 19.1. The summed E-state index contributed by atoms with van der Waals surface area (Å²) in [6.45, 7) is 0. The van der Waals surface area contributed by atoms with Gasteiger partial charge in [0.2, 0.25) is 0 Å². The summed E-state index contributed by atoms with van der Waals surface area (Å²) in [5.41, 5.74) is -12.9. The average Bonchev–Trinajstić information content (AvgIpc) is 2.92. The third-order valence-electron chi connectivity index (χ3n) is 5.51. The lowest BCUT2D eigenvalue weighted by Crippen LogP contribution is -2.50. The molecule has 0 aromatic heterocycles. The van der Waals surface area contributed by atoms with E-state index in [2.05, 4.69) is 0 Å². The molecule has 0 unspecified atom stereocenters. The number of hydrogen-bond acceptors (Lipinski definition) is 5. The van der Waals surface area contributed by atoms with Crippen molar-refractivity contribution in [1.82, 2.24) is 3.12 Å². The highest BCUT2D eigenvalue weighted by molar-refractivity contribution is 8.41. The fourth-order valence-corrected chi connectivity index (χ4v) is 13.1. The number of sulfonamides is 2. The van der Waals surface area contributed by atoms with E-state index in [0.29, 0.717) is 5.75 Å². The molecule has 218 valence electrons. The van der Waals surface area contributed by atoms with Crippen LogP contribution in [0, 0.1) is 0 Å². The van der Waals surface area contributed by atoms with Crippen LogP contribution in [-0.2, 0) is 20.0 Å². The normalized spacial score (nSPS) is 13.6. The molecule has 0 N–H and O–H groups in total. The summed E-state index contributed by atoms with van der Waals surface area (Å²) in [6, 6.07) is 24.7. The Morgan fingerprint density at radius 1 is 0.463 bits per heavy atom. The lowest BCUT2D eigenvalue weighted by Gasteiger charge is -2.47. The third kappa shape index (κ3) is 5.54. The second kappa shape index (κ2) is 11.0. The molecule has 0 aliphatic heterocycles. The zero-order valence-electron chi connectivity index (χ0n) is 20.5. The maximum absolute atomic E-state index is 14.1. The van der Waals surface area contributed by atoms with Crippen LogP contribution in [0.25, 0.3) is 0 Å². The standard InChI is InChI=1S/C26H19F6NO5S3/c27-25(28,29)40(34,35)33(41(36,37)26(30,31)32)39(22-12-6-2-7-13-22,23-14-8-3-9-15-23)24-18-16-21(17-19-24)38-20-10-4-1-5-11-20/h1-19H. The molecule has 0 saturated carbocycles. The largest absolute Gasteiger partial charge is 0.513 e. The summed E-state index contributed by atoms with van der Waals surface area (Å²) in [7, 11) is -19.0. The molecule has 0 radical (unpaired) electrons. The van der Waals surface area contributed by atoms with Gasteiger partial charge < -0.3 is 4.74 Å². The minimum absolute atomic E-state index is 0.0956. The fraction of sp³-hybridized carbons (Fsp3) is 0.0769. The van der Waals surface area contributed by atoms with Crippen LogP contribution in [0.5, 0.6) is 11.5 Å². The van der Waals surface area contributed by atoms with Crippen molar-refractivity contribution in [2.75, 3.05) is 0 Å². The number of hydrogen-bond donors (Lipinski definition) is 0. The predicted octanol–water partition coefficient (Wildman–Crippen LogP) is 7.68. The topological polar surface area (TPSA) is 80.8 Å². The van der Waals surface area contributed by atoms with E-state index in [0.717, 1.165) is 36.4 Å². The van der Waals surface area contributed by atoms with Gasteiger partial charge >= 0.3 is 31.1 Å². The molecule has 4 aromatic rings. The van der Waals surface area contributed by atoms with Crippen molar-refractivity contribution in [3.63, 3.8) is 0 Å². The monoisotopic (exact) mass is 635 g/mol. The van der Waals surface area contributed by atoms with Gasteiger partial charge in [-0.15, -0.1) is 0 Å². The molecule has 0 atom stereocenters. The third-order valence-corrected chi connectivity index (χ3v) is 14.5. The highest BCUT2D eigenvalue weighted by Crippen LogP contribution is 2.74. The van der Waals surface area contributed by atoms with E-state index in [1.54, 1.807) is 30.3 Å². The first-order valence-corrected chi connectivity index (χ1v) is 15.8. The van der Waals surface area contributed by atoms with Crippen LogP contribution >= 0.6 is 10.2 Å². The molecule has 0 amide bonds. The van der Waals surface area contributed by atoms with Gasteiger partial charge in [-0.25, -0.2) is 16.8 Å². The SMILES string of the molecule is O=S(=O)(N(S(c1ccccc1)(c1ccccc1)c1ccc(Oc2ccccc2)cc1)S(=O)(=O)C(F)(F)F)C(F)(F)F. The molecular formula is C26H19F6NO5S3. The molecule has 0 bridgehead atoms. The van der Waals surface area contributed by atoms with Crippen molar-refractivity contribution in [2.24, 2.45) is 0 Å². The van der Waals surface area contributed by atoms with Crippen molar-refractivity contribution in [2.45, 2.75) is 25.7 Å². The van der Waals surface area contributed by atoms with Crippen molar-refractivity contribution in [3.8, 4) is 11.5 Å². The van der Waals surface area contributed by atoms with Crippen molar-refractivity contribution in [3.05, 3.63) is 115 Å². The number of para-hydroxylation sites is 1. The highest BCUT2D eigenvalue weighted by Gasteiger charge is 2.67. The van der Waals surface area contributed by atoms with Gasteiger partial charge in [-0.05, 0) is 63.8 Å². The summed E-state index contributed by atoms with van der Waals surface area (Å²) < 4.78 is 141. The first kappa shape index (κ1) is 30.4. The number of halogens is 6.